The van der Waals surface area contributed by atoms with Gasteiger partial charge in [-0.15, -0.1) is 0 Å². The number of hydrogen-bond donors (Lipinski definition) is 2. The lowest BCUT2D eigenvalue weighted by atomic mass is 9.89. The SMILES string of the molecule is C[C@H](c1ccc(C#CC2CCN(C(=O)CCCCC(=O)N3CCC(c4ccc5c(c4)n(C)c(=O)n5[C@H]4CCC(=O)NC4=O)CC3)CC2)c2ccccc12)N1CCC(C(=O)NCc2cccc(F)c2)CC1. The summed E-state index contributed by atoms with van der Waals surface area (Å²) < 4.78 is 16.7. The van der Waals surface area contributed by atoms with Gasteiger partial charge in [0.15, 0.2) is 0 Å². The number of nitrogens with zero attached hydrogens (tertiary/aromatic N) is 5. The average molecular weight is 950 g/mol. The third kappa shape index (κ3) is 10.7. The quantitative estimate of drug-likeness (QED) is 0.0762. The number of carbonyl (C=O) groups excluding carboxylic acids is 5. The normalized spacial score (nSPS) is 19.2. The van der Waals surface area contributed by atoms with Crippen molar-refractivity contribution in [3.63, 3.8) is 0 Å². The minimum absolute atomic E-state index is 0.0300. The Kier molecular flexibility index (Phi) is 14.9. The van der Waals surface area contributed by atoms with Crippen molar-refractivity contribution in [2.75, 3.05) is 39.3 Å². The highest BCUT2D eigenvalue weighted by atomic mass is 19.1. The van der Waals surface area contributed by atoms with Crippen molar-refractivity contribution >= 4 is 51.3 Å². The lowest BCUT2D eigenvalue weighted by molar-refractivity contribution is -0.136. The Labute approximate surface area is 408 Å². The number of aryl methyl sites for hydroxylation is 1. The predicted octanol–water partition coefficient (Wildman–Crippen LogP) is 7.26. The van der Waals surface area contributed by atoms with Gasteiger partial charge in [-0.05, 0) is 142 Å². The predicted molar refractivity (Wildman–Crippen MR) is 267 cm³/mol. The van der Waals surface area contributed by atoms with Crippen LogP contribution in [0.25, 0.3) is 21.8 Å². The molecule has 0 saturated carbocycles. The Hall–Kier alpha value is -6.59. The highest BCUT2D eigenvalue weighted by molar-refractivity contribution is 6.00. The molecule has 9 rings (SSSR count). The Morgan fingerprint density at radius 1 is 0.757 bits per heavy atom. The van der Waals surface area contributed by atoms with Crippen LogP contribution in [0, 0.1) is 29.5 Å². The van der Waals surface area contributed by atoms with Crippen molar-refractivity contribution in [2.24, 2.45) is 18.9 Å². The zero-order valence-electron chi connectivity index (χ0n) is 40.4. The fourth-order valence-corrected chi connectivity index (χ4v) is 11.2. The van der Waals surface area contributed by atoms with E-state index < -0.39 is 11.9 Å². The van der Waals surface area contributed by atoms with Gasteiger partial charge in [0.1, 0.15) is 11.9 Å². The number of unbranched alkanes of at least 4 members (excludes halogenated alkanes) is 1. The van der Waals surface area contributed by atoms with E-state index in [1.165, 1.54) is 27.6 Å². The van der Waals surface area contributed by atoms with E-state index in [0.717, 1.165) is 79.2 Å². The van der Waals surface area contributed by atoms with Crippen LogP contribution in [0.15, 0.2) is 83.7 Å². The highest BCUT2D eigenvalue weighted by Gasteiger charge is 2.33. The summed E-state index contributed by atoms with van der Waals surface area (Å²) in [7, 11) is 1.70. The number of piperidine rings is 4. The zero-order chi connectivity index (χ0) is 48.9. The number of nitrogens with one attached hydrogen (secondary N) is 2. The smallest absolute Gasteiger partial charge is 0.329 e. The molecule has 0 unspecified atom stereocenters. The molecule has 5 aromatic rings. The first kappa shape index (κ1) is 48.4. The Morgan fingerprint density at radius 3 is 2.13 bits per heavy atom. The molecule has 4 aliphatic rings. The molecule has 2 atom stereocenters. The van der Waals surface area contributed by atoms with Gasteiger partial charge in [-0.25, -0.2) is 9.18 Å². The van der Waals surface area contributed by atoms with Crippen molar-refractivity contribution in [3.05, 3.63) is 117 Å². The van der Waals surface area contributed by atoms with Crippen LogP contribution in [0.3, 0.4) is 0 Å². The number of amides is 5. The summed E-state index contributed by atoms with van der Waals surface area (Å²) >= 11 is 0. The summed E-state index contributed by atoms with van der Waals surface area (Å²) in [6.07, 6.45) is 7.53. The van der Waals surface area contributed by atoms with E-state index in [4.69, 9.17) is 0 Å². The van der Waals surface area contributed by atoms with Crippen LogP contribution >= 0.6 is 0 Å². The number of hydrogen-bond acceptors (Lipinski definition) is 7. The first-order valence-electron chi connectivity index (χ1n) is 25.3. The largest absolute Gasteiger partial charge is 0.352 e. The Morgan fingerprint density at radius 2 is 1.44 bits per heavy atom. The second kappa shape index (κ2) is 21.6. The summed E-state index contributed by atoms with van der Waals surface area (Å²) in [6, 6.07) is 24.5. The maximum Gasteiger partial charge on any atom is 0.329 e. The molecule has 14 heteroatoms. The van der Waals surface area contributed by atoms with E-state index in [-0.39, 0.29) is 65.4 Å². The zero-order valence-corrected chi connectivity index (χ0v) is 40.4. The van der Waals surface area contributed by atoms with Crippen LogP contribution in [0.2, 0.25) is 0 Å². The minimum Gasteiger partial charge on any atom is -0.352 e. The van der Waals surface area contributed by atoms with Gasteiger partial charge in [-0.2, -0.15) is 0 Å². The standard InChI is InChI=1S/C56H64FN7O6/c1-37(61-30-26-42(27-31-61)54(68)58-36-39-8-7-9-44(57)34-39)45-18-16-41(46-10-3-4-11-47(45)46)15-14-38-22-28-62(29-23-38)52(66)12-5-6-13-53(67)63-32-24-40(25-33-63)43-17-19-48-50(35-43)60(2)56(70)64(48)49-20-21-51(65)59-55(49)69/h3-4,7-11,16-19,34-35,37-38,40,42,49H,5-6,12-13,20-33,36H2,1-2H3,(H,58,68)(H,59,65,69)/t37-,49+/m1/s1. The average Bonchev–Trinajstić information content (AvgIpc) is 3.63. The second-order valence-electron chi connectivity index (χ2n) is 19.8. The third-order valence-corrected chi connectivity index (χ3v) is 15.5. The molecule has 366 valence electrons. The summed E-state index contributed by atoms with van der Waals surface area (Å²) in [5, 5.41) is 7.68. The number of fused-ring (bicyclic) bond motifs is 2. The molecular weight excluding hydrogens is 886 g/mol. The van der Waals surface area contributed by atoms with Gasteiger partial charge in [0.2, 0.25) is 29.5 Å². The molecule has 2 N–H and O–H groups in total. The van der Waals surface area contributed by atoms with Gasteiger partial charge >= 0.3 is 5.69 Å². The first-order chi connectivity index (χ1) is 33.9. The molecule has 4 fully saturated rings. The molecule has 4 aromatic carbocycles. The van der Waals surface area contributed by atoms with Gasteiger partial charge < -0.3 is 15.1 Å². The van der Waals surface area contributed by atoms with Crippen molar-refractivity contribution in [2.45, 2.75) is 109 Å². The van der Waals surface area contributed by atoms with Crippen molar-refractivity contribution in [3.8, 4) is 11.8 Å². The summed E-state index contributed by atoms with van der Waals surface area (Å²) in [4.78, 5) is 83.3. The molecule has 70 heavy (non-hydrogen) atoms. The van der Waals surface area contributed by atoms with Crippen molar-refractivity contribution < 1.29 is 28.4 Å². The van der Waals surface area contributed by atoms with Crippen LogP contribution in [0.5, 0.6) is 0 Å². The van der Waals surface area contributed by atoms with E-state index in [1.807, 2.05) is 34.1 Å². The maximum absolute atomic E-state index is 13.6. The highest BCUT2D eigenvalue weighted by Crippen LogP contribution is 2.34. The summed E-state index contributed by atoms with van der Waals surface area (Å²) in [5.74, 6) is 6.67. The number of benzene rings is 4. The molecule has 0 radical (unpaired) electrons. The fraction of sp³-hybridized carbons (Fsp3) is 0.464. The Bertz CT molecular complexity index is 2910. The number of likely N-dealkylation sites (tertiary alicyclic amines) is 3. The number of imidazole rings is 1. The summed E-state index contributed by atoms with van der Waals surface area (Å²) in [5.41, 5.74) is 5.24. The van der Waals surface area contributed by atoms with Crippen LogP contribution in [-0.2, 0) is 37.6 Å². The molecule has 4 aliphatic heterocycles. The van der Waals surface area contributed by atoms with Gasteiger partial charge in [0, 0.05) is 82.5 Å². The molecule has 5 amide bonds. The van der Waals surface area contributed by atoms with E-state index in [9.17, 15) is 33.2 Å². The first-order valence-corrected chi connectivity index (χ1v) is 25.3. The number of imide groups is 1. The molecule has 5 heterocycles. The van der Waals surface area contributed by atoms with E-state index >= 15 is 0 Å². The van der Waals surface area contributed by atoms with Crippen molar-refractivity contribution in [1.29, 1.82) is 0 Å². The molecule has 0 spiro atoms. The number of halogens is 1. The molecule has 4 saturated heterocycles. The minimum atomic E-state index is -0.722. The number of carbonyl (C=O) groups is 5. The Balaban J connectivity index is 0.692. The second-order valence-corrected chi connectivity index (χ2v) is 19.8. The monoisotopic (exact) mass is 949 g/mol. The lowest BCUT2D eigenvalue weighted by Gasteiger charge is -2.36. The summed E-state index contributed by atoms with van der Waals surface area (Å²) in [6.45, 7) is 6.88. The van der Waals surface area contributed by atoms with Gasteiger partial charge in [-0.3, -0.25) is 43.3 Å². The van der Waals surface area contributed by atoms with E-state index in [2.05, 4.69) is 70.7 Å². The van der Waals surface area contributed by atoms with E-state index in [0.29, 0.717) is 70.3 Å². The molecular formula is C56H64FN7O6. The fourth-order valence-electron chi connectivity index (χ4n) is 11.2. The van der Waals surface area contributed by atoms with Gasteiger partial charge in [0.05, 0.1) is 11.0 Å². The molecule has 1 aromatic heterocycles. The van der Waals surface area contributed by atoms with Crippen LogP contribution in [0.1, 0.15) is 124 Å². The lowest BCUT2D eigenvalue weighted by Crippen LogP contribution is -2.44. The van der Waals surface area contributed by atoms with Gasteiger partial charge in [0.25, 0.3) is 0 Å². The topological polar surface area (TPSA) is 146 Å². The van der Waals surface area contributed by atoms with Crippen molar-refractivity contribution in [1.82, 2.24) is 34.5 Å². The van der Waals surface area contributed by atoms with Gasteiger partial charge in [-0.1, -0.05) is 60.4 Å². The number of rotatable bonds is 12. The van der Waals surface area contributed by atoms with Crippen LogP contribution in [0.4, 0.5) is 4.39 Å². The maximum atomic E-state index is 13.6. The third-order valence-electron chi connectivity index (χ3n) is 15.5. The van der Waals surface area contributed by atoms with E-state index in [1.54, 1.807) is 17.7 Å². The van der Waals surface area contributed by atoms with Crippen LogP contribution < -0.4 is 16.3 Å². The van der Waals surface area contributed by atoms with Crippen LogP contribution in [-0.4, -0.2) is 92.6 Å². The molecule has 13 nitrogen and oxygen atoms in total. The molecule has 0 aliphatic carbocycles. The molecule has 0 bridgehead atoms. The number of aromatic nitrogens is 2.